The Morgan fingerprint density at radius 2 is 1.96 bits per heavy atom. The van der Waals surface area contributed by atoms with E-state index < -0.39 is 0 Å². The molecule has 3 rings (SSSR count). The lowest BCUT2D eigenvalue weighted by molar-refractivity contribution is 0.0600. The van der Waals surface area contributed by atoms with Crippen molar-refractivity contribution in [3.05, 3.63) is 64.7 Å². The number of anilines is 1. The number of nitrogens with one attached hydrogen (secondary N) is 2. The fourth-order valence-corrected chi connectivity index (χ4v) is 2.68. The van der Waals surface area contributed by atoms with Crippen LogP contribution in [0.25, 0.3) is 0 Å². The summed E-state index contributed by atoms with van der Waals surface area (Å²) in [6.45, 7) is 1.28. The number of carbonyl (C=O) groups is 2. The highest BCUT2D eigenvalue weighted by Crippen LogP contribution is 2.26. The molecule has 2 aromatic carbocycles. The molecular formula is C18H18N2O3. The van der Waals surface area contributed by atoms with E-state index in [0.29, 0.717) is 17.7 Å². The third-order valence-corrected chi connectivity index (χ3v) is 3.92. The predicted molar refractivity (Wildman–Crippen MR) is 87.6 cm³/mol. The monoisotopic (exact) mass is 310 g/mol. The molecule has 2 N–H and O–H groups in total. The Hall–Kier alpha value is -2.82. The molecule has 2 aromatic rings. The number of carbonyl (C=O) groups excluding carboxylic acids is 2. The summed E-state index contributed by atoms with van der Waals surface area (Å²) in [5.74, 6) is -0.472. The van der Waals surface area contributed by atoms with Gasteiger partial charge in [-0.3, -0.25) is 4.79 Å². The topological polar surface area (TPSA) is 67.4 Å². The SMILES string of the molecule is COC(=O)c1ccc(CNC(=O)c2cccc3c2NCC3)cc1. The van der Waals surface area contributed by atoms with E-state index in [2.05, 4.69) is 15.4 Å². The maximum atomic E-state index is 12.4. The zero-order valence-electron chi connectivity index (χ0n) is 12.9. The van der Waals surface area contributed by atoms with Crippen LogP contribution in [0.1, 0.15) is 31.8 Å². The zero-order chi connectivity index (χ0) is 16.2. The Labute approximate surface area is 134 Å². The molecule has 1 heterocycles. The number of fused-ring (bicyclic) bond motifs is 1. The Kier molecular flexibility index (Phi) is 4.28. The molecular weight excluding hydrogens is 292 g/mol. The van der Waals surface area contributed by atoms with Gasteiger partial charge in [-0.25, -0.2) is 4.79 Å². The second-order valence-electron chi connectivity index (χ2n) is 5.39. The number of para-hydroxylation sites is 1. The highest BCUT2D eigenvalue weighted by Gasteiger charge is 2.18. The summed E-state index contributed by atoms with van der Waals surface area (Å²) in [5.41, 5.74) is 4.21. The van der Waals surface area contributed by atoms with Crippen LogP contribution in [0.2, 0.25) is 0 Å². The number of hydrogen-bond acceptors (Lipinski definition) is 4. The van der Waals surface area contributed by atoms with Crippen molar-refractivity contribution >= 4 is 17.6 Å². The lowest BCUT2D eigenvalue weighted by atomic mass is 10.1. The minimum atomic E-state index is -0.369. The highest BCUT2D eigenvalue weighted by molar-refractivity contribution is 6.00. The largest absolute Gasteiger partial charge is 0.465 e. The van der Waals surface area contributed by atoms with Crippen LogP contribution < -0.4 is 10.6 Å². The van der Waals surface area contributed by atoms with Gasteiger partial charge >= 0.3 is 5.97 Å². The molecule has 0 fully saturated rings. The summed E-state index contributed by atoms with van der Waals surface area (Å²) in [6, 6.07) is 12.8. The number of hydrogen-bond donors (Lipinski definition) is 2. The third kappa shape index (κ3) is 3.18. The fraction of sp³-hybridized carbons (Fsp3) is 0.222. The second-order valence-corrected chi connectivity index (χ2v) is 5.39. The number of benzene rings is 2. The molecule has 0 saturated carbocycles. The van der Waals surface area contributed by atoms with Crippen molar-refractivity contribution in [2.75, 3.05) is 19.0 Å². The molecule has 0 aromatic heterocycles. The first-order valence-corrected chi connectivity index (χ1v) is 7.50. The molecule has 1 aliphatic rings. The number of rotatable bonds is 4. The molecule has 5 heteroatoms. The van der Waals surface area contributed by atoms with Gasteiger partial charge in [-0.2, -0.15) is 0 Å². The van der Waals surface area contributed by atoms with Crippen molar-refractivity contribution in [3.8, 4) is 0 Å². The van der Waals surface area contributed by atoms with E-state index in [9.17, 15) is 9.59 Å². The Balaban J connectivity index is 1.66. The van der Waals surface area contributed by atoms with Crippen LogP contribution in [0.4, 0.5) is 5.69 Å². The molecule has 0 radical (unpaired) electrons. The first-order chi connectivity index (χ1) is 11.2. The zero-order valence-corrected chi connectivity index (χ0v) is 12.9. The predicted octanol–water partition coefficient (Wildman–Crippen LogP) is 2.37. The quantitative estimate of drug-likeness (QED) is 0.851. The summed E-state index contributed by atoms with van der Waals surface area (Å²) >= 11 is 0. The molecule has 118 valence electrons. The molecule has 1 aliphatic heterocycles. The van der Waals surface area contributed by atoms with E-state index in [1.165, 1.54) is 12.7 Å². The lowest BCUT2D eigenvalue weighted by Gasteiger charge is -2.10. The first kappa shape index (κ1) is 15.1. The molecule has 0 bridgehead atoms. The highest BCUT2D eigenvalue weighted by atomic mass is 16.5. The Morgan fingerprint density at radius 3 is 2.70 bits per heavy atom. The van der Waals surface area contributed by atoms with Crippen LogP contribution in [-0.4, -0.2) is 25.5 Å². The second kappa shape index (κ2) is 6.52. The smallest absolute Gasteiger partial charge is 0.337 e. The fourth-order valence-electron chi connectivity index (χ4n) is 2.68. The number of ether oxygens (including phenoxy) is 1. The maximum Gasteiger partial charge on any atom is 0.337 e. The van der Waals surface area contributed by atoms with Crippen LogP contribution in [0.3, 0.4) is 0 Å². The van der Waals surface area contributed by atoms with E-state index in [1.54, 1.807) is 24.3 Å². The van der Waals surface area contributed by atoms with Gasteiger partial charge in [0.15, 0.2) is 0 Å². The number of esters is 1. The molecule has 0 saturated heterocycles. The van der Waals surface area contributed by atoms with E-state index in [1.807, 2.05) is 18.2 Å². The van der Waals surface area contributed by atoms with Crippen LogP contribution in [0, 0.1) is 0 Å². The van der Waals surface area contributed by atoms with Gasteiger partial charge in [0, 0.05) is 13.1 Å². The molecule has 23 heavy (non-hydrogen) atoms. The van der Waals surface area contributed by atoms with Crippen LogP contribution in [0.5, 0.6) is 0 Å². The summed E-state index contributed by atoms with van der Waals surface area (Å²) in [4.78, 5) is 23.8. The molecule has 5 nitrogen and oxygen atoms in total. The van der Waals surface area contributed by atoms with Gasteiger partial charge in [0.1, 0.15) is 0 Å². The molecule has 0 atom stereocenters. The van der Waals surface area contributed by atoms with E-state index in [4.69, 9.17) is 0 Å². The van der Waals surface area contributed by atoms with Crippen molar-refractivity contribution in [2.24, 2.45) is 0 Å². The molecule has 0 aliphatic carbocycles. The summed E-state index contributed by atoms with van der Waals surface area (Å²) in [6.07, 6.45) is 0.950. The normalized spacial score (nSPS) is 12.2. The van der Waals surface area contributed by atoms with Crippen LogP contribution in [-0.2, 0) is 17.7 Å². The maximum absolute atomic E-state index is 12.4. The average Bonchev–Trinajstić information content (AvgIpc) is 3.08. The number of amides is 1. The summed E-state index contributed by atoms with van der Waals surface area (Å²) in [5, 5.41) is 6.17. The van der Waals surface area contributed by atoms with Gasteiger partial charge in [0.2, 0.25) is 0 Å². The standard InChI is InChI=1S/C18H18N2O3/c1-23-18(22)14-7-5-12(6-8-14)11-20-17(21)15-4-2-3-13-9-10-19-16(13)15/h2-8,19H,9-11H2,1H3,(H,20,21). The number of methoxy groups -OCH3 is 1. The summed E-state index contributed by atoms with van der Waals surface area (Å²) < 4.78 is 4.66. The minimum Gasteiger partial charge on any atom is -0.465 e. The summed E-state index contributed by atoms with van der Waals surface area (Å²) in [7, 11) is 1.35. The van der Waals surface area contributed by atoms with Gasteiger partial charge < -0.3 is 15.4 Å². The lowest BCUT2D eigenvalue weighted by Crippen LogP contribution is -2.23. The minimum absolute atomic E-state index is 0.103. The van der Waals surface area contributed by atoms with Gasteiger partial charge in [-0.15, -0.1) is 0 Å². The molecule has 0 spiro atoms. The third-order valence-electron chi connectivity index (χ3n) is 3.92. The van der Waals surface area contributed by atoms with Gasteiger partial charge in [0.25, 0.3) is 5.91 Å². The van der Waals surface area contributed by atoms with Crippen LogP contribution in [0.15, 0.2) is 42.5 Å². The van der Waals surface area contributed by atoms with Crippen LogP contribution >= 0.6 is 0 Å². The van der Waals surface area contributed by atoms with Crippen molar-refractivity contribution < 1.29 is 14.3 Å². The van der Waals surface area contributed by atoms with Gasteiger partial charge in [-0.05, 0) is 35.7 Å². The van der Waals surface area contributed by atoms with E-state index >= 15 is 0 Å². The first-order valence-electron chi connectivity index (χ1n) is 7.50. The average molecular weight is 310 g/mol. The Morgan fingerprint density at radius 1 is 1.17 bits per heavy atom. The molecule has 0 unspecified atom stereocenters. The van der Waals surface area contributed by atoms with Gasteiger partial charge in [0.05, 0.1) is 23.9 Å². The Bertz CT molecular complexity index is 738. The van der Waals surface area contributed by atoms with Crippen molar-refractivity contribution in [1.82, 2.24) is 5.32 Å². The van der Waals surface area contributed by atoms with E-state index in [-0.39, 0.29) is 11.9 Å². The molecule has 1 amide bonds. The van der Waals surface area contributed by atoms with Crippen molar-refractivity contribution in [1.29, 1.82) is 0 Å². The van der Waals surface area contributed by atoms with E-state index in [0.717, 1.165) is 24.2 Å². The van der Waals surface area contributed by atoms with Crippen molar-refractivity contribution in [2.45, 2.75) is 13.0 Å². The van der Waals surface area contributed by atoms with Crippen molar-refractivity contribution in [3.63, 3.8) is 0 Å². The van der Waals surface area contributed by atoms with Gasteiger partial charge in [-0.1, -0.05) is 24.3 Å².